The van der Waals surface area contributed by atoms with Gasteiger partial charge in [-0.1, -0.05) is 15.9 Å². The number of halogens is 5. The first-order valence-electron chi connectivity index (χ1n) is 4.28. The lowest BCUT2D eigenvalue weighted by molar-refractivity contribution is -0.117. The number of hydrogen-bond donors (Lipinski definition) is 2. The molecular weight excluding hydrogens is 292 g/mol. The van der Waals surface area contributed by atoms with E-state index in [4.69, 9.17) is 5.73 Å². The summed E-state index contributed by atoms with van der Waals surface area (Å²) < 4.78 is 49.5. The number of nitrogen functional groups attached to an aromatic ring is 1. The second-order valence-electron chi connectivity index (χ2n) is 3.15. The molecule has 0 saturated carbocycles. The zero-order valence-corrected chi connectivity index (χ0v) is 9.57. The number of rotatable bonds is 4. The highest BCUT2D eigenvalue weighted by atomic mass is 79.9. The Morgan fingerprint density at radius 2 is 2.00 bits per heavy atom. The van der Waals surface area contributed by atoms with Crippen LogP contribution < -0.4 is 11.1 Å². The van der Waals surface area contributed by atoms with Crippen LogP contribution in [0.2, 0.25) is 0 Å². The molecule has 0 aliphatic heterocycles. The Labute approximate surface area is 97.9 Å². The molecule has 0 aromatic heterocycles. The Hall–Kier alpha value is -0.980. The molecule has 0 unspecified atom stereocenters. The molecule has 0 amide bonds. The largest absolute Gasteiger partial charge is 0.397 e. The topological polar surface area (TPSA) is 38.0 Å². The lowest BCUT2D eigenvalue weighted by atomic mass is 10.2. The van der Waals surface area contributed by atoms with Gasteiger partial charge in [-0.15, -0.1) is 0 Å². The van der Waals surface area contributed by atoms with Gasteiger partial charge in [-0.25, -0.2) is 8.78 Å². The molecule has 0 bridgehead atoms. The van der Waals surface area contributed by atoms with Crippen LogP contribution in [0.4, 0.5) is 28.9 Å². The van der Waals surface area contributed by atoms with Crippen molar-refractivity contribution in [1.82, 2.24) is 0 Å². The lowest BCUT2D eigenvalue weighted by Gasteiger charge is -2.17. The first kappa shape index (κ1) is 13.1. The average molecular weight is 301 g/mol. The number of anilines is 2. The van der Waals surface area contributed by atoms with E-state index in [1.54, 1.807) is 6.07 Å². The van der Waals surface area contributed by atoms with Crippen molar-refractivity contribution >= 4 is 27.3 Å². The molecule has 1 aromatic carbocycles. The normalized spacial score (nSPS) is 11.9. The molecule has 0 saturated heterocycles. The first-order chi connectivity index (χ1) is 7.33. The minimum absolute atomic E-state index is 0.198. The Bertz CT molecular complexity index is 371. The number of nitrogens with two attached hydrogens (primary N) is 1. The zero-order valence-electron chi connectivity index (χ0n) is 7.98. The number of alkyl halides is 4. The van der Waals surface area contributed by atoms with Crippen molar-refractivity contribution in [1.29, 1.82) is 0 Å². The summed E-state index contributed by atoms with van der Waals surface area (Å²) in [5.41, 5.74) is 5.91. The maximum absolute atomic E-state index is 12.6. The molecule has 1 aromatic rings. The molecular formula is C9H9BrF4N2. The maximum Gasteiger partial charge on any atom is 0.324 e. The first-order valence-corrected chi connectivity index (χ1v) is 5.07. The van der Waals surface area contributed by atoms with E-state index in [1.807, 2.05) is 0 Å². The summed E-state index contributed by atoms with van der Waals surface area (Å²) >= 11 is 3.13. The van der Waals surface area contributed by atoms with E-state index in [9.17, 15) is 17.6 Å². The molecule has 0 atom stereocenters. The molecule has 0 aliphatic carbocycles. The Morgan fingerprint density at radius 3 is 2.50 bits per heavy atom. The smallest absolute Gasteiger partial charge is 0.324 e. The summed E-state index contributed by atoms with van der Waals surface area (Å²) in [6, 6.07) is 4.49. The molecule has 0 spiro atoms. The monoisotopic (exact) mass is 300 g/mol. The summed E-state index contributed by atoms with van der Waals surface area (Å²) in [7, 11) is 0. The maximum atomic E-state index is 12.6. The van der Waals surface area contributed by atoms with Crippen molar-refractivity contribution in [3.05, 3.63) is 22.7 Å². The Morgan fingerprint density at radius 1 is 1.38 bits per heavy atom. The average Bonchev–Trinajstić information content (AvgIpc) is 2.16. The van der Waals surface area contributed by atoms with E-state index in [0.29, 0.717) is 4.47 Å². The van der Waals surface area contributed by atoms with Gasteiger partial charge in [-0.3, -0.25) is 0 Å². The summed E-state index contributed by atoms with van der Waals surface area (Å²) in [4.78, 5) is 0. The third-order valence-corrected chi connectivity index (χ3v) is 2.34. The molecule has 1 rings (SSSR count). The van der Waals surface area contributed by atoms with Crippen molar-refractivity contribution in [2.24, 2.45) is 0 Å². The number of benzene rings is 1. The summed E-state index contributed by atoms with van der Waals surface area (Å²) in [5, 5.41) is 2.19. The molecule has 7 heteroatoms. The van der Waals surface area contributed by atoms with Gasteiger partial charge in [0.25, 0.3) is 0 Å². The molecule has 2 nitrogen and oxygen atoms in total. The van der Waals surface area contributed by atoms with Gasteiger partial charge in [0.15, 0.2) is 0 Å². The van der Waals surface area contributed by atoms with Gasteiger partial charge in [0.1, 0.15) is 0 Å². The molecule has 0 fully saturated rings. The summed E-state index contributed by atoms with van der Waals surface area (Å²) in [5.74, 6) is -4.07. The fourth-order valence-electron chi connectivity index (χ4n) is 0.985. The van der Waals surface area contributed by atoms with Gasteiger partial charge in [0.2, 0.25) is 0 Å². The van der Waals surface area contributed by atoms with Crippen LogP contribution in [0.1, 0.15) is 0 Å². The number of nitrogens with one attached hydrogen (secondary N) is 1. The van der Waals surface area contributed by atoms with Crippen LogP contribution in [0.15, 0.2) is 22.7 Å². The van der Waals surface area contributed by atoms with Gasteiger partial charge in [0.05, 0.1) is 17.9 Å². The standard InChI is InChI=1S/C9H9BrF4N2/c10-5-1-2-7(6(15)3-5)16-4-9(13,14)8(11)12/h1-3,8,16H,4,15H2. The van der Waals surface area contributed by atoms with E-state index >= 15 is 0 Å². The van der Waals surface area contributed by atoms with Crippen LogP contribution in [-0.4, -0.2) is 18.9 Å². The van der Waals surface area contributed by atoms with Gasteiger partial charge in [-0.2, -0.15) is 8.78 Å². The second-order valence-corrected chi connectivity index (χ2v) is 4.06. The van der Waals surface area contributed by atoms with Gasteiger partial charge < -0.3 is 11.1 Å². The van der Waals surface area contributed by atoms with Crippen LogP contribution in [0, 0.1) is 0 Å². The summed E-state index contributed by atoms with van der Waals surface area (Å²) in [6.45, 7) is -1.16. The molecule has 0 radical (unpaired) electrons. The fraction of sp³-hybridized carbons (Fsp3) is 0.333. The summed E-state index contributed by atoms with van der Waals surface area (Å²) in [6.07, 6.45) is -3.70. The van der Waals surface area contributed by atoms with Crippen molar-refractivity contribution in [3.63, 3.8) is 0 Å². The van der Waals surface area contributed by atoms with Gasteiger partial charge in [0, 0.05) is 4.47 Å². The number of hydrogen-bond acceptors (Lipinski definition) is 2. The predicted octanol–water partition coefficient (Wildman–Crippen LogP) is 3.34. The van der Waals surface area contributed by atoms with Crippen molar-refractivity contribution in [3.8, 4) is 0 Å². The van der Waals surface area contributed by atoms with E-state index in [-0.39, 0.29) is 11.4 Å². The van der Waals surface area contributed by atoms with Crippen LogP contribution in [0.25, 0.3) is 0 Å². The van der Waals surface area contributed by atoms with Crippen LogP contribution >= 0.6 is 15.9 Å². The highest BCUT2D eigenvalue weighted by molar-refractivity contribution is 9.10. The van der Waals surface area contributed by atoms with Crippen LogP contribution in [-0.2, 0) is 0 Å². The fourth-order valence-corrected chi connectivity index (χ4v) is 1.36. The SMILES string of the molecule is Nc1cc(Br)ccc1NCC(F)(F)C(F)F. The predicted molar refractivity (Wildman–Crippen MR) is 58.0 cm³/mol. The van der Waals surface area contributed by atoms with Gasteiger partial charge in [-0.05, 0) is 18.2 Å². The van der Waals surface area contributed by atoms with Crippen molar-refractivity contribution < 1.29 is 17.6 Å². The van der Waals surface area contributed by atoms with E-state index in [1.165, 1.54) is 12.1 Å². The molecule has 0 heterocycles. The highest BCUT2D eigenvalue weighted by Crippen LogP contribution is 2.27. The van der Waals surface area contributed by atoms with Crippen molar-refractivity contribution in [2.45, 2.75) is 12.3 Å². The lowest BCUT2D eigenvalue weighted by Crippen LogP contribution is -2.34. The third-order valence-electron chi connectivity index (χ3n) is 1.85. The quantitative estimate of drug-likeness (QED) is 0.661. The van der Waals surface area contributed by atoms with Crippen LogP contribution in [0.3, 0.4) is 0 Å². The highest BCUT2D eigenvalue weighted by Gasteiger charge is 2.40. The van der Waals surface area contributed by atoms with E-state index < -0.39 is 18.9 Å². The van der Waals surface area contributed by atoms with E-state index in [2.05, 4.69) is 21.2 Å². The molecule has 90 valence electrons. The molecule has 3 N–H and O–H groups in total. The Balaban J connectivity index is 2.68. The second kappa shape index (κ2) is 4.90. The minimum Gasteiger partial charge on any atom is -0.397 e. The Kier molecular flexibility index (Phi) is 4.01. The zero-order chi connectivity index (χ0) is 12.3. The third kappa shape index (κ3) is 3.26. The van der Waals surface area contributed by atoms with Gasteiger partial charge >= 0.3 is 12.3 Å². The van der Waals surface area contributed by atoms with Crippen LogP contribution in [0.5, 0.6) is 0 Å². The molecule has 0 aliphatic rings. The van der Waals surface area contributed by atoms with Crippen molar-refractivity contribution in [2.75, 3.05) is 17.6 Å². The van der Waals surface area contributed by atoms with E-state index in [0.717, 1.165) is 0 Å². The molecule has 16 heavy (non-hydrogen) atoms. The minimum atomic E-state index is -4.07.